The quantitative estimate of drug-likeness (QED) is 0.0351. The van der Waals surface area contributed by atoms with E-state index in [1.54, 1.807) is 38.2 Å². The third kappa shape index (κ3) is 29.1. The van der Waals surface area contributed by atoms with Crippen LogP contribution < -0.4 is 46.5 Å². The number of carboxylic acids is 1. The number of benzene rings is 4. The zero-order chi connectivity index (χ0) is 65.0. The van der Waals surface area contributed by atoms with Crippen LogP contribution in [0, 0.1) is 34.6 Å². The van der Waals surface area contributed by atoms with Crippen LogP contribution in [0.5, 0.6) is 17.2 Å². The van der Waals surface area contributed by atoms with Crippen LogP contribution in [0.2, 0.25) is 0 Å². The summed E-state index contributed by atoms with van der Waals surface area (Å²) in [5, 5.41) is 19.3. The van der Waals surface area contributed by atoms with Crippen LogP contribution >= 0.6 is 38.9 Å². The van der Waals surface area contributed by atoms with Gasteiger partial charge < -0.3 is 51.6 Å². The van der Waals surface area contributed by atoms with Gasteiger partial charge in [0.1, 0.15) is 17.2 Å². The molecular weight excluding hydrogens is 1230 g/mol. The number of nitrogens with zero attached hydrogens (tertiary/aromatic N) is 2. The molecule has 476 valence electrons. The van der Waals surface area contributed by atoms with Gasteiger partial charge in [0.15, 0.2) is 0 Å². The number of carbonyl (C=O) groups excluding carboxylic acids is 4. The summed E-state index contributed by atoms with van der Waals surface area (Å²) in [5.41, 5.74) is 16.8. The number of aliphatic carboxylic acids is 1. The summed E-state index contributed by atoms with van der Waals surface area (Å²) in [6, 6.07) is 21.6. The number of hydrogen-bond acceptors (Lipinski definition) is 13. The highest BCUT2D eigenvalue weighted by molar-refractivity contribution is 8.24. The molecule has 1 aliphatic rings. The minimum atomic E-state index is -4.93. The standard InChI is InChI=1S/C15H19F3N2O3.C15H13F3N2O.C13H12N2O.C10H15NO.C5H9NO3.CH4.Cl3OP/c1-10-3-4-11(9-12(10)23-2)5-7-19-13(21)6-8-20-14(22)15(16,17)18;1-9-7-11-3-5-19-13(12(11)8-10(9)2)4-6-20-14(21)15(16,17)18;1-8-11(16-2)7-9-3-5-14-10-4-6-15-13(8)12(9)10;1-8-3-4-9(5-6-11)7-10(8)12-2;1-4(7)6-3-2-5(8)9;;1-5(2,3)4/h3-4,9H,5-8H2,1-2H3,(H,19,21)(H,20,22);3-8H,1-2H3,(H,20,21);3-7,14H,1-2H3;3-4,7H,5-6,11H2,1-2H3;2-3H2,1H3,(H,6,7)(H,8,9);1H4;/b;6-4-;;;;;. The first-order valence-electron chi connectivity index (χ1n) is 25.8. The maximum Gasteiger partial charge on any atom is 0.471 e. The summed E-state index contributed by atoms with van der Waals surface area (Å²) in [6.45, 7) is 12.1. The van der Waals surface area contributed by atoms with Crippen molar-refractivity contribution in [1.29, 1.82) is 0 Å². The van der Waals surface area contributed by atoms with Gasteiger partial charge in [-0.1, -0.05) is 37.8 Å². The lowest BCUT2D eigenvalue weighted by molar-refractivity contribution is -0.173. The lowest BCUT2D eigenvalue weighted by Crippen LogP contribution is -2.39. The van der Waals surface area contributed by atoms with E-state index in [2.05, 4.69) is 77.8 Å². The SMILES string of the molecule is C.CC(=O)NCCC(=O)O.COc1cc(CCN)ccc1C.COc1cc(CCNC(=O)CCNC(=O)C(F)(F)F)ccc1C.COc1cc2c3c(ccnc3c1C)NC=C2.Cc1cc2ccnc(/C=C\NC(=O)C(F)(F)F)c2cc1C.O=P(Cl)(Cl)Cl. The van der Waals surface area contributed by atoms with E-state index in [4.69, 9.17) is 25.1 Å². The largest absolute Gasteiger partial charge is 0.496 e. The zero-order valence-corrected chi connectivity index (χ0v) is 51.6. The summed E-state index contributed by atoms with van der Waals surface area (Å²) in [4.78, 5) is 61.2. The number of methoxy groups -OCH3 is 3. The van der Waals surface area contributed by atoms with Crippen LogP contribution in [-0.2, 0) is 41.4 Å². The molecule has 87 heavy (non-hydrogen) atoms. The molecule has 0 unspecified atom stereocenters. The Labute approximate surface area is 515 Å². The molecule has 7 rings (SSSR count). The van der Waals surface area contributed by atoms with E-state index < -0.39 is 41.2 Å². The Kier molecular flexibility index (Phi) is 33.6. The van der Waals surface area contributed by atoms with E-state index in [1.807, 2.05) is 102 Å². The highest BCUT2D eigenvalue weighted by Gasteiger charge is 2.38. The van der Waals surface area contributed by atoms with Crippen molar-refractivity contribution in [2.24, 2.45) is 5.73 Å². The number of halogens is 9. The third-order valence-corrected chi connectivity index (χ3v) is 11.8. The second-order valence-corrected chi connectivity index (χ2v) is 24.9. The van der Waals surface area contributed by atoms with Crippen molar-refractivity contribution in [3.05, 3.63) is 142 Å². The zero-order valence-electron chi connectivity index (χ0n) is 48.4. The number of amides is 4. The molecule has 0 radical (unpaired) electrons. The van der Waals surface area contributed by atoms with E-state index in [0.717, 1.165) is 85.2 Å². The van der Waals surface area contributed by atoms with Gasteiger partial charge in [-0.05, 0) is 181 Å². The van der Waals surface area contributed by atoms with Crippen molar-refractivity contribution in [3.8, 4) is 17.2 Å². The van der Waals surface area contributed by atoms with Crippen molar-refractivity contribution in [1.82, 2.24) is 31.2 Å². The minimum Gasteiger partial charge on any atom is -0.496 e. The second kappa shape index (κ2) is 37.8. The number of carbonyl (C=O) groups is 5. The number of carboxylic acid groups (broad SMARTS) is 1. The van der Waals surface area contributed by atoms with Crippen molar-refractivity contribution >= 4 is 108 Å². The van der Waals surface area contributed by atoms with Crippen LogP contribution in [0.4, 0.5) is 32.0 Å². The van der Waals surface area contributed by atoms with Crippen LogP contribution in [-0.4, -0.2) is 105 Å². The number of aromatic nitrogens is 2. The first-order chi connectivity index (χ1) is 40.2. The average molecular weight is 1300 g/mol. The van der Waals surface area contributed by atoms with E-state index in [0.29, 0.717) is 25.2 Å². The number of rotatable bonds is 16. The van der Waals surface area contributed by atoms with Crippen LogP contribution in [0.3, 0.4) is 0 Å². The highest BCUT2D eigenvalue weighted by Crippen LogP contribution is 2.61. The molecule has 6 aromatic rings. The summed E-state index contributed by atoms with van der Waals surface area (Å²) >= 11 is 13.8. The Hall–Kier alpha value is -7.63. The van der Waals surface area contributed by atoms with Gasteiger partial charge in [-0.25, -0.2) is 0 Å². The minimum absolute atomic E-state index is 0. The molecule has 3 heterocycles. The van der Waals surface area contributed by atoms with E-state index in [9.17, 15) is 54.9 Å². The summed E-state index contributed by atoms with van der Waals surface area (Å²) < 4.78 is 97.2. The maximum atomic E-state index is 12.1. The first-order valence-corrected chi connectivity index (χ1v) is 30.2. The monoisotopic (exact) mass is 1300 g/mol. The van der Waals surface area contributed by atoms with Gasteiger partial charge in [0.2, 0.25) is 11.8 Å². The van der Waals surface area contributed by atoms with Crippen molar-refractivity contribution in [2.45, 2.75) is 87.0 Å². The Morgan fingerprint density at radius 1 is 0.690 bits per heavy atom. The highest BCUT2D eigenvalue weighted by atomic mass is 36.0. The molecule has 28 heteroatoms. The first kappa shape index (κ1) is 77.4. The van der Waals surface area contributed by atoms with Crippen molar-refractivity contribution in [2.75, 3.05) is 52.8 Å². The van der Waals surface area contributed by atoms with Gasteiger partial charge in [0.25, 0.3) is 0 Å². The molecule has 4 amide bonds. The van der Waals surface area contributed by atoms with Gasteiger partial charge in [-0.2, -0.15) is 26.3 Å². The maximum absolute atomic E-state index is 12.1. The van der Waals surface area contributed by atoms with E-state index in [1.165, 1.54) is 29.5 Å². The fourth-order valence-electron chi connectivity index (χ4n) is 7.41. The Bertz CT molecular complexity index is 3360. The number of hydrogen-bond donors (Lipinski definition) is 7. The average Bonchev–Trinajstić information content (AvgIpc) is 0.894. The Balaban J connectivity index is 0.000000547. The Morgan fingerprint density at radius 3 is 1.76 bits per heavy atom. The number of pyridine rings is 2. The number of aryl methyl sites for hydroxylation is 5. The number of fused-ring (bicyclic) bond motifs is 1. The second-order valence-electron chi connectivity index (χ2n) is 18.3. The van der Waals surface area contributed by atoms with E-state index >= 15 is 0 Å². The number of nitrogens with one attached hydrogen (secondary N) is 5. The molecule has 0 bridgehead atoms. The van der Waals surface area contributed by atoms with Crippen molar-refractivity contribution in [3.63, 3.8) is 0 Å². The summed E-state index contributed by atoms with van der Waals surface area (Å²) in [7, 11) is 4.95. The molecule has 0 aliphatic carbocycles. The van der Waals surface area contributed by atoms with Crippen LogP contribution in [0.1, 0.15) is 77.4 Å². The molecule has 0 saturated carbocycles. The van der Waals surface area contributed by atoms with E-state index in [-0.39, 0.29) is 39.3 Å². The molecule has 4 aromatic carbocycles. The molecular formula is C59H72Cl3F6N8O10P. The predicted octanol–water partition coefficient (Wildman–Crippen LogP) is 12.7. The van der Waals surface area contributed by atoms with Gasteiger partial charge in [-0.3, -0.25) is 38.5 Å². The molecule has 1 aliphatic heterocycles. The fourth-order valence-corrected chi connectivity index (χ4v) is 7.41. The fraction of sp³-hybridized carbons (Fsp3) is 0.339. The molecule has 0 spiro atoms. The summed E-state index contributed by atoms with van der Waals surface area (Å²) in [6.07, 6.45) is 1.10. The molecule has 0 fully saturated rings. The van der Waals surface area contributed by atoms with Gasteiger partial charge in [0.05, 0.1) is 39.0 Å². The van der Waals surface area contributed by atoms with Crippen molar-refractivity contribution < 1.29 is 74.2 Å². The predicted molar refractivity (Wildman–Crippen MR) is 332 cm³/mol. The summed E-state index contributed by atoms with van der Waals surface area (Å²) in [5.74, 6) is -2.99. The lowest BCUT2D eigenvalue weighted by Gasteiger charge is -2.16. The lowest BCUT2D eigenvalue weighted by atomic mass is 10.0. The molecule has 2 aromatic heterocycles. The van der Waals surface area contributed by atoms with Crippen LogP contribution in [0.25, 0.3) is 33.8 Å². The van der Waals surface area contributed by atoms with Gasteiger partial charge in [0, 0.05) is 79.8 Å². The Morgan fingerprint density at radius 2 is 1.23 bits per heavy atom. The number of alkyl halides is 6. The molecule has 8 N–H and O–H groups in total. The number of anilines is 1. The third-order valence-electron chi connectivity index (χ3n) is 11.8. The van der Waals surface area contributed by atoms with Crippen LogP contribution in [0.15, 0.2) is 91.5 Å². The number of ether oxygens (including phenoxy) is 3. The molecule has 18 nitrogen and oxygen atoms in total. The van der Waals surface area contributed by atoms with Gasteiger partial charge >= 0.3 is 35.3 Å². The normalized spacial score (nSPS) is 11.1. The van der Waals surface area contributed by atoms with Gasteiger partial charge in [-0.15, -0.1) is 0 Å². The number of nitrogens with two attached hydrogens (primary N) is 1. The topological polar surface area (TPSA) is 262 Å². The smallest absolute Gasteiger partial charge is 0.471 e. The molecule has 0 atom stereocenters. The molecule has 0 saturated heterocycles.